The summed E-state index contributed by atoms with van der Waals surface area (Å²) in [6.07, 6.45) is 5.24. The van der Waals surface area contributed by atoms with Crippen molar-refractivity contribution >= 4 is 11.3 Å². The molecule has 0 spiro atoms. The molecule has 1 N–H and O–H groups in total. The summed E-state index contributed by atoms with van der Waals surface area (Å²) in [5.74, 6) is 0.770. The van der Waals surface area contributed by atoms with E-state index in [-0.39, 0.29) is 0 Å². The Balaban J connectivity index is 1.51. The van der Waals surface area contributed by atoms with Crippen LogP contribution in [0.4, 0.5) is 0 Å². The lowest BCUT2D eigenvalue weighted by Crippen LogP contribution is -2.34. The maximum absolute atomic E-state index is 3.80. The van der Waals surface area contributed by atoms with Crippen molar-refractivity contribution in [2.24, 2.45) is 0 Å². The van der Waals surface area contributed by atoms with Crippen molar-refractivity contribution in [1.29, 1.82) is 0 Å². The second-order valence-electron chi connectivity index (χ2n) is 5.86. The van der Waals surface area contributed by atoms with Crippen molar-refractivity contribution in [1.82, 2.24) is 5.32 Å². The molecule has 0 radical (unpaired) electrons. The lowest BCUT2D eigenvalue weighted by Gasteiger charge is -2.31. The molecule has 0 saturated heterocycles. The fourth-order valence-corrected chi connectivity index (χ4v) is 4.04. The Morgan fingerprint density at radius 2 is 1.75 bits per heavy atom. The first-order valence-corrected chi connectivity index (χ1v) is 8.55. The van der Waals surface area contributed by atoms with Gasteiger partial charge in [-0.3, -0.25) is 0 Å². The molecule has 1 atom stereocenters. The molecule has 0 aliphatic heterocycles. The molecular formula is C18H23NS. The fraction of sp³-hybridized carbons (Fsp3) is 0.444. The van der Waals surface area contributed by atoms with Crippen LogP contribution in [0.1, 0.15) is 55.0 Å². The molecule has 1 aromatic carbocycles. The lowest BCUT2D eigenvalue weighted by molar-refractivity contribution is 0.323. The molecule has 0 bridgehead atoms. The van der Waals surface area contributed by atoms with Crippen LogP contribution in [0.15, 0.2) is 47.8 Å². The minimum atomic E-state index is 0.494. The second kappa shape index (κ2) is 6.55. The minimum absolute atomic E-state index is 0.494. The van der Waals surface area contributed by atoms with Gasteiger partial charge in [0, 0.05) is 17.0 Å². The normalized spacial score (nSPS) is 24.4. The predicted molar refractivity (Wildman–Crippen MR) is 87.3 cm³/mol. The standard InChI is InChI=1S/C18H23NS/c1-14(18-8-5-13-20-18)19-17-11-9-16(10-12-17)15-6-3-2-4-7-15/h2-8,13-14,16-17,19H,9-12H2,1H3/t14-,16?,17?/m0/s1. The van der Waals surface area contributed by atoms with E-state index in [2.05, 4.69) is 60.1 Å². The second-order valence-corrected chi connectivity index (χ2v) is 6.84. The highest BCUT2D eigenvalue weighted by Crippen LogP contribution is 2.33. The topological polar surface area (TPSA) is 12.0 Å². The number of nitrogens with one attached hydrogen (secondary N) is 1. The van der Waals surface area contributed by atoms with Gasteiger partial charge in [-0.15, -0.1) is 11.3 Å². The summed E-state index contributed by atoms with van der Waals surface area (Å²) in [5.41, 5.74) is 1.53. The SMILES string of the molecule is C[C@H](NC1CCC(c2ccccc2)CC1)c1cccs1. The Kier molecular flexibility index (Phi) is 4.54. The van der Waals surface area contributed by atoms with Crippen molar-refractivity contribution in [3.8, 4) is 0 Å². The van der Waals surface area contributed by atoms with E-state index in [0.29, 0.717) is 12.1 Å². The molecule has 0 unspecified atom stereocenters. The van der Waals surface area contributed by atoms with Gasteiger partial charge in [0.2, 0.25) is 0 Å². The maximum atomic E-state index is 3.80. The summed E-state index contributed by atoms with van der Waals surface area (Å²) in [5, 5.41) is 5.97. The van der Waals surface area contributed by atoms with Gasteiger partial charge in [-0.05, 0) is 55.5 Å². The number of rotatable bonds is 4. The van der Waals surface area contributed by atoms with Crippen LogP contribution >= 0.6 is 11.3 Å². The molecule has 1 aliphatic carbocycles. The summed E-state index contributed by atoms with van der Waals surface area (Å²) < 4.78 is 0. The van der Waals surface area contributed by atoms with Gasteiger partial charge >= 0.3 is 0 Å². The molecule has 2 aromatic rings. The van der Waals surface area contributed by atoms with Crippen molar-refractivity contribution in [3.05, 3.63) is 58.3 Å². The van der Waals surface area contributed by atoms with Gasteiger partial charge in [-0.25, -0.2) is 0 Å². The zero-order chi connectivity index (χ0) is 13.8. The Bertz CT molecular complexity index is 497. The fourth-order valence-electron chi connectivity index (χ4n) is 3.29. The van der Waals surface area contributed by atoms with E-state index in [1.165, 1.54) is 36.1 Å². The van der Waals surface area contributed by atoms with E-state index in [1.54, 1.807) is 0 Å². The Labute approximate surface area is 126 Å². The van der Waals surface area contributed by atoms with Crippen molar-refractivity contribution in [3.63, 3.8) is 0 Å². The van der Waals surface area contributed by atoms with Crippen LogP contribution in [0.5, 0.6) is 0 Å². The Morgan fingerprint density at radius 3 is 2.40 bits per heavy atom. The van der Waals surface area contributed by atoms with Gasteiger partial charge in [0.1, 0.15) is 0 Å². The zero-order valence-electron chi connectivity index (χ0n) is 12.1. The van der Waals surface area contributed by atoms with Gasteiger partial charge in [0.15, 0.2) is 0 Å². The van der Waals surface area contributed by atoms with E-state index in [4.69, 9.17) is 0 Å². The molecule has 0 amide bonds. The minimum Gasteiger partial charge on any atom is -0.307 e. The molecule has 1 fully saturated rings. The van der Waals surface area contributed by atoms with Gasteiger partial charge in [0.25, 0.3) is 0 Å². The van der Waals surface area contributed by atoms with Crippen LogP contribution in [0.2, 0.25) is 0 Å². The van der Waals surface area contributed by atoms with Crippen LogP contribution in [0.3, 0.4) is 0 Å². The van der Waals surface area contributed by atoms with Crippen molar-refractivity contribution < 1.29 is 0 Å². The summed E-state index contributed by atoms with van der Waals surface area (Å²) in [6, 6.07) is 16.6. The molecule has 20 heavy (non-hydrogen) atoms. The van der Waals surface area contributed by atoms with Crippen LogP contribution in [0.25, 0.3) is 0 Å². The first-order valence-electron chi connectivity index (χ1n) is 7.67. The zero-order valence-corrected chi connectivity index (χ0v) is 12.9. The summed E-state index contributed by atoms with van der Waals surface area (Å²) >= 11 is 1.85. The molecule has 3 rings (SSSR count). The number of hydrogen-bond donors (Lipinski definition) is 1. The highest BCUT2D eigenvalue weighted by atomic mass is 32.1. The molecule has 106 valence electrons. The Morgan fingerprint density at radius 1 is 1.00 bits per heavy atom. The highest BCUT2D eigenvalue weighted by Gasteiger charge is 2.23. The van der Waals surface area contributed by atoms with Crippen LogP contribution in [-0.4, -0.2) is 6.04 Å². The molecule has 1 heterocycles. The molecule has 1 saturated carbocycles. The van der Waals surface area contributed by atoms with Gasteiger partial charge in [0.05, 0.1) is 0 Å². The first-order chi connectivity index (χ1) is 9.83. The van der Waals surface area contributed by atoms with E-state index in [1.807, 2.05) is 11.3 Å². The van der Waals surface area contributed by atoms with E-state index in [9.17, 15) is 0 Å². The van der Waals surface area contributed by atoms with Gasteiger partial charge < -0.3 is 5.32 Å². The van der Waals surface area contributed by atoms with Crippen molar-refractivity contribution in [2.45, 2.75) is 50.6 Å². The smallest absolute Gasteiger partial charge is 0.0388 e. The van der Waals surface area contributed by atoms with E-state index < -0.39 is 0 Å². The first kappa shape index (κ1) is 13.8. The lowest BCUT2D eigenvalue weighted by atomic mass is 9.81. The summed E-state index contributed by atoms with van der Waals surface area (Å²) in [7, 11) is 0. The van der Waals surface area contributed by atoms with Crippen LogP contribution in [-0.2, 0) is 0 Å². The molecular weight excluding hydrogens is 262 g/mol. The number of hydrogen-bond acceptors (Lipinski definition) is 2. The molecule has 1 aliphatic rings. The number of thiophene rings is 1. The average molecular weight is 285 g/mol. The quantitative estimate of drug-likeness (QED) is 0.821. The third kappa shape index (κ3) is 3.31. The third-order valence-corrected chi connectivity index (χ3v) is 5.51. The average Bonchev–Trinajstić information content (AvgIpc) is 3.03. The van der Waals surface area contributed by atoms with E-state index in [0.717, 1.165) is 5.92 Å². The molecule has 1 nitrogen and oxygen atoms in total. The van der Waals surface area contributed by atoms with E-state index >= 15 is 0 Å². The third-order valence-electron chi connectivity index (χ3n) is 4.45. The van der Waals surface area contributed by atoms with Crippen LogP contribution in [0, 0.1) is 0 Å². The number of benzene rings is 1. The molecule has 2 heteroatoms. The highest BCUT2D eigenvalue weighted by molar-refractivity contribution is 7.10. The van der Waals surface area contributed by atoms with Crippen molar-refractivity contribution in [2.75, 3.05) is 0 Å². The predicted octanol–water partition coefficient (Wildman–Crippen LogP) is 5.13. The van der Waals surface area contributed by atoms with Gasteiger partial charge in [-0.1, -0.05) is 36.4 Å². The maximum Gasteiger partial charge on any atom is 0.0388 e. The summed E-state index contributed by atoms with van der Waals surface area (Å²) in [4.78, 5) is 1.45. The van der Waals surface area contributed by atoms with Gasteiger partial charge in [-0.2, -0.15) is 0 Å². The summed E-state index contributed by atoms with van der Waals surface area (Å²) in [6.45, 7) is 2.29. The largest absolute Gasteiger partial charge is 0.307 e. The van der Waals surface area contributed by atoms with Crippen LogP contribution < -0.4 is 5.32 Å². The molecule has 1 aromatic heterocycles. The monoisotopic (exact) mass is 285 g/mol. The Hall–Kier alpha value is -1.12.